The van der Waals surface area contributed by atoms with Crippen LogP contribution in [0.4, 0.5) is 5.69 Å². The molecule has 0 N–H and O–H groups in total. The van der Waals surface area contributed by atoms with Crippen LogP contribution in [0.1, 0.15) is 65.4 Å². The highest BCUT2D eigenvalue weighted by Gasteiger charge is 2.32. The Morgan fingerprint density at radius 1 is 0.510 bits per heavy atom. The normalized spacial score (nSPS) is 10.9. The number of nitro groups is 1. The van der Waals surface area contributed by atoms with E-state index < -0.39 is 28.1 Å². The van der Waals surface area contributed by atoms with Crippen LogP contribution in [0.5, 0.6) is 0 Å². The van der Waals surface area contributed by atoms with Crippen molar-refractivity contribution < 1.29 is 24.1 Å². The van der Waals surface area contributed by atoms with Crippen molar-refractivity contribution in [3.63, 3.8) is 0 Å². The molecule has 0 saturated carbocycles. The van der Waals surface area contributed by atoms with E-state index in [1.54, 1.807) is 84.9 Å². The number of Topliss-reactive ketones (excluding diaryl/α,β-unsaturated/α-hetero) is 1. The van der Waals surface area contributed by atoms with E-state index in [4.69, 9.17) is 0 Å². The summed E-state index contributed by atoms with van der Waals surface area (Å²) < 4.78 is 4.04. The van der Waals surface area contributed by atoms with Crippen LogP contribution in [0.3, 0.4) is 0 Å². The quantitative estimate of drug-likeness (QED) is 0.0902. The monoisotopic (exact) mass is 675 g/mol. The molecule has 3 heterocycles. The molecule has 4 aromatic carbocycles. The number of non-ortho nitro benzene ring substituents is 1. The van der Waals surface area contributed by atoms with Gasteiger partial charge in [-0.15, -0.1) is 0 Å². The largest absolute Gasteiger partial charge is 0.293 e. The topological polar surface area (TPSA) is 165 Å². The number of carbonyl (C=O) groups excluding carboxylic acids is 4. The molecule has 13 nitrogen and oxygen atoms in total. The molecule has 0 unspecified atom stereocenters. The number of ketones is 4. The third-order valence-electron chi connectivity index (χ3n) is 8.04. The summed E-state index contributed by atoms with van der Waals surface area (Å²) in [6.45, 7) is 1.29. The third kappa shape index (κ3) is 6.18. The number of para-hydroxylation sites is 2. The summed E-state index contributed by atoms with van der Waals surface area (Å²) in [5.74, 6) is -2.52. The zero-order chi connectivity index (χ0) is 35.6. The Hall–Kier alpha value is -7.41. The molecule has 0 spiro atoms. The number of hydrogen-bond acceptors (Lipinski definition) is 9. The van der Waals surface area contributed by atoms with E-state index in [1.165, 1.54) is 63.8 Å². The number of nitrogens with zero attached hydrogens (tertiary/aromatic N) is 7. The molecule has 0 atom stereocenters. The second-order valence-corrected chi connectivity index (χ2v) is 11.4. The van der Waals surface area contributed by atoms with Crippen LogP contribution in [-0.2, 0) is 0 Å². The summed E-state index contributed by atoms with van der Waals surface area (Å²) in [6, 6.07) is 31.4. The fraction of sp³-hybridized carbons (Fsp3) is 0.0263. The van der Waals surface area contributed by atoms with Crippen molar-refractivity contribution in [2.45, 2.75) is 6.92 Å². The minimum atomic E-state index is -0.791. The van der Waals surface area contributed by atoms with E-state index in [-0.39, 0.29) is 45.0 Å². The molecule has 0 aliphatic carbocycles. The van der Waals surface area contributed by atoms with Crippen LogP contribution in [0.15, 0.2) is 134 Å². The Morgan fingerprint density at radius 2 is 0.882 bits per heavy atom. The van der Waals surface area contributed by atoms with Crippen molar-refractivity contribution in [2.75, 3.05) is 0 Å². The van der Waals surface area contributed by atoms with Crippen molar-refractivity contribution in [1.29, 1.82) is 0 Å². The predicted octanol–water partition coefficient (Wildman–Crippen LogP) is 6.05. The van der Waals surface area contributed by atoms with Crippen molar-refractivity contribution in [1.82, 2.24) is 29.3 Å². The van der Waals surface area contributed by atoms with Gasteiger partial charge in [-0.05, 0) is 36.4 Å². The van der Waals surface area contributed by atoms with Crippen LogP contribution in [0.2, 0.25) is 0 Å². The van der Waals surface area contributed by atoms with Gasteiger partial charge in [0.05, 0.1) is 38.7 Å². The second-order valence-electron chi connectivity index (χ2n) is 11.4. The molecule has 7 aromatic rings. The summed E-state index contributed by atoms with van der Waals surface area (Å²) in [5.41, 5.74) is 0.606. The molecular weight excluding hydrogens is 650 g/mol. The van der Waals surface area contributed by atoms with Gasteiger partial charge >= 0.3 is 0 Å². The number of nitro benzene ring substituents is 1. The van der Waals surface area contributed by atoms with E-state index in [2.05, 4.69) is 15.3 Å². The summed E-state index contributed by atoms with van der Waals surface area (Å²) in [7, 11) is 0. The van der Waals surface area contributed by atoms with Crippen LogP contribution in [0, 0.1) is 10.1 Å². The van der Waals surface area contributed by atoms with Crippen LogP contribution in [0.25, 0.3) is 17.1 Å². The van der Waals surface area contributed by atoms with Crippen LogP contribution in [-0.4, -0.2) is 57.4 Å². The number of hydrogen-bond donors (Lipinski definition) is 0. The molecule has 0 bridgehead atoms. The molecule has 0 aliphatic rings. The van der Waals surface area contributed by atoms with E-state index in [0.717, 1.165) is 0 Å². The Labute approximate surface area is 289 Å². The van der Waals surface area contributed by atoms with E-state index in [0.29, 0.717) is 17.1 Å². The molecule has 0 radical (unpaired) electrons. The van der Waals surface area contributed by atoms with Gasteiger partial charge < -0.3 is 0 Å². The predicted molar refractivity (Wildman–Crippen MR) is 184 cm³/mol. The van der Waals surface area contributed by atoms with Gasteiger partial charge in [0.25, 0.3) is 5.69 Å². The Kier molecular flexibility index (Phi) is 8.35. The first-order valence-electron chi connectivity index (χ1n) is 15.5. The highest BCUT2D eigenvalue weighted by atomic mass is 16.6. The SMILES string of the molecule is CC(=O)c1nn(-c2ccccc2)cc1C(=O)c1nn(-c2ccccc2)cc1C(=O)c1nn(-c2ccc([N+](=O)[O-])cc2)cc1C(=O)c1ccccc1. The highest BCUT2D eigenvalue weighted by molar-refractivity contribution is 6.23. The zero-order valence-corrected chi connectivity index (χ0v) is 26.8. The van der Waals surface area contributed by atoms with Crippen molar-refractivity contribution >= 4 is 28.8 Å². The fourth-order valence-electron chi connectivity index (χ4n) is 5.50. The Morgan fingerprint density at radius 3 is 1.31 bits per heavy atom. The highest BCUT2D eigenvalue weighted by Crippen LogP contribution is 2.26. The lowest BCUT2D eigenvalue weighted by atomic mass is 9.97. The lowest BCUT2D eigenvalue weighted by molar-refractivity contribution is -0.384. The maximum atomic E-state index is 14.6. The molecule has 13 heteroatoms. The Bertz CT molecular complexity index is 2460. The molecule has 248 valence electrons. The first-order valence-corrected chi connectivity index (χ1v) is 15.5. The smallest absolute Gasteiger partial charge is 0.269 e. The fourth-order valence-corrected chi connectivity index (χ4v) is 5.50. The average Bonchev–Trinajstić information content (AvgIpc) is 3.93. The van der Waals surface area contributed by atoms with E-state index in [1.807, 2.05) is 6.07 Å². The van der Waals surface area contributed by atoms with Gasteiger partial charge in [0.15, 0.2) is 11.6 Å². The summed E-state index contributed by atoms with van der Waals surface area (Å²) in [6.07, 6.45) is 4.16. The average molecular weight is 676 g/mol. The van der Waals surface area contributed by atoms with E-state index in [9.17, 15) is 29.3 Å². The number of rotatable bonds is 11. The first-order chi connectivity index (χ1) is 24.7. The zero-order valence-electron chi connectivity index (χ0n) is 26.8. The molecule has 3 aromatic heterocycles. The van der Waals surface area contributed by atoms with Crippen molar-refractivity contribution in [3.05, 3.63) is 183 Å². The standard InChI is InChI=1S/C38H25N7O6/c1-24(46)33-30(21-42(39-33)26-13-7-3-8-14-26)37(48)35-32(23-43(41-35)27-15-9-4-10-16-27)38(49)34-31(36(47)25-11-5-2-6-12-25)22-44(40-34)28-17-19-29(20-18-28)45(50)51/h2-23H,1H3. The van der Waals surface area contributed by atoms with Gasteiger partial charge in [-0.2, -0.15) is 15.3 Å². The van der Waals surface area contributed by atoms with Gasteiger partial charge in [-0.3, -0.25) is 29.3 Å². The summed E-state index contributed by atoms with van der Waals surface area (Å²) in [5, 5.41) is 24.6. The van der Waals surface area contributed by atoms with Gasteiger partial charge in [-0.1, -0.05) is 66.7 Å². The van der Waals surface area contributed by atoms with Gasteiger partial charge in [0.2, 0.25) is 11.6 Å². The molecule has 0 saturated heterocycles. The van der Waals surface area contributed by atoms with Gasteiger partial charge in [-0.25, -0.2) is 14.0 Å². The van der Waals surface area contributed by atoms with Crippen molar-refractivity contribution in [2.24, 2.45) is 0 Å². The van der Waals surface area contributed by atoms with E-state index >= 15 is 0 Å². The van der Waals surface area contributed by atoms with Crippen LogP contribution >= 0.6 is 0 Å². The summed E-state index contributed by atoms with van der Waals surface area (Å²) >= 11 is 0. The molecule has 0 amide bonds. The second kappa shape index (κ2) is 13.2. The number of carbonyl (C=O) groups is 4. The molecule has 0 aliphatic heterocycles. The minimum Gasteiger partial charge on any atom is -0.293 e. The maximum absolute atomic E-state index is 14.6. The van der Waals surface area contributed by atoms with Gasteiger partial charge in [0.1, 0.15) is 17.1 Å². The molecule has 51 heavy (non-hydrogen) atoms. The number of benzene rings is 4. The first kappa shape index (κ1) is 32.2. The lowest BCUT2D eigenvalue weighted by Crippen LogP contribution is -2.15. The molecular formula is C38H25N7O6. The molecule has 0 fully saturated rings. The van der Waals surface area contributed by atoms with Crippen molar-refractivity contribution in [3.8, 4) is 17.1 Å². The Balaban J connectivity index is 1.39. The third-order valence-corrected chi connectivity index (χ3v) is 8.04. The summed E-state index contributed by atoms with van der Waals surface area (Å²) in [4.78, 5) is 66.4. The number of aromatic nitrogens is 6. The minimum absolute atomic E-state index is 0.0725. The lowest BCUT2D eigenvalue weighted by Gasteiger charge is -2.03. The van der Waals surface area contributed by atoms with Gasteiger partial charge in [0, 0.05) is 43.2 Å². The molecule has 7 rings (SSSR count). The van der Waals surface area contributed by atoms with Crippen LogP contribution < -0.4 is 0 Å². The maximum Gasteiger partial charge on any atom is 0.269 e.